The van der Waals surface area contributed by atoms with Gasteiger partial charge >= 0.3 is 0 Å². The molecule has 3 aromatic rings. The number of amides is 1. The van der Waals surface area contributed by atoms with Crippen molar-refractivity contribution in [1.82, 2.24) is 9.97 Å². The van der Waals surface area contributed by atoms with Crippen LogP contribution in [0.2, 0.25) is 0 Å². The summed E-state index contributed by atoms with van der Waals surface area (Å²) in [4.78, 5) is 23.4. The Morgan fingerprint density at radius 3 is 2.65 bits per heavy atom. The molecule has 2 atom stereocenters. The second-order valence-corrected chi connectivity index (χ2v) is 8.52. The number of alkyl halides is 1. The van der Waals surface area contributed by atoms with Crippen LogP contribution in [0.1, 0.15) is 23.4 Å². The van der Waals surface area contributed by atoms with Gasteiger partial charge in [0.25, 0.3) is 0 Å². The summed E-state index contributed by atoms with van der Waals surface area (Å²) in [6.07, 6.45) is 1.45. The average molecular weight is 458 g/mol. The highest BCUT2D eigenvalue weighted by atomic mass is 19.1. The van der Waals surface area contributed by atoms with E-state index in [1.54, 1.807) is 30.5 Å². The van der Waals surface area contributed by atoms with Gasteiger partial charge in [-0.3, -0.25) is 4.79 Å². The van der Waals surface area contributed by atoms with Crippen LogP contribution in [0.3, 0.4) is 0 Å². The van der Waals surface area contributed by atoms with Crippen LogP contribution in [0.15, 0.2) is 54.7 Å². The van der Waals surface area contributed by atoms with Crippen LogP contribution in [-0.4, -0.2) is 48.4 Å². The molecule has 1 saturated heterocycles. The summed E-state index contributed by atoms with van der Waals surface area (Å²) in [7, 11) is 0. The molecule has 5 rings (SSSR count). The van der Waals surface area contributed by atoms with E-state index in [1.165, 1.54) is 5.69 Å². The van der Waals surface area contributed by atoms with Gasteiger partial charge in [0.2, 0.25) is 5.91 Å². The van der Waals surface area contributed by atoms with E-state index in [4.69, 9.17) is 4.74 Å². The number of ether oxygens (including phenoxy) is 1. The zero-order chi connectivity index (χ0) is 23.5. The molecule has 7 nitrogen and oxygen atoms in total. The Bertz CT molecular complexity index is 1230. The van der Waals surface area contributed by atoms with Gasteiger partial charge in [-0.2, -0.15) is 5.26 Å². The largest absolute Gasteiger partial charge is 0.378 e. The van der Waals surface area contributed by atoms with Gasteiger partial charge in [-0.05, 0) is 42.3 Å². The molecule has 8 heteroatoms. The van der Waals surface area contributed by atoms with Gasteiger partial charge in [0.1, 0.15) is 18.1 Å². The summed E-state index contributed by atoms with van der Waals surface area (Å²) in [5.41, 5.74) is 4.41. The van der Waals surface area contributed by atoms with Crippen LogP contribution < -0.4 is 10.2 Å². The lowest BCUT2D eigenvalue weighted by atomic mass is 10.1. The fraction of sp³-hybridized carbons (Fsp3) is 0.308. The number of carbonyl (C=O) groups excluding carboxylic acids is 1. The molecular weight excluding hydrogens is 433 g/mol. The van der Waals surface area contributed by atoms with Gasteiger partial charge in [0, 0.05) is 37.0 Å². The molecule has 34 heavy (non-hydrogen) atoms. The van der Waals surface area contributed by atoms with Crippen LogP contribution in [0.4, 0.5) is 15.8 Å². The molecule has 2 aromatic carbocycles. The third kappa shape index (κ3) is 4.90. The lowest BCUT2D eigenvalue weighted by Gasteiger charge is -2.28. The molecule has 1 N–H and O–H groups in total. The Labute approximate surface area is 197 Å². The number of hydrogen-bond donors (Lipinski definition) is 1. The number of anilines is 2. The smallest absolute Gasteiger partial charge is 0.230 e. The third-order valence-corrected chi connectivity index (χ3v) is 6.12. The molecule has 1 saturated carbocycles. The Balaban J connectivity index is 1.30. The van der Waals surface area contributed by atoms with Crippen molar-refractivity contribution < 1.29 is 13.9 Å². The fourth-order valence-corrected chi connectivity index (χ4v) is 4.04. The predicted octanol–water partition coefficient (Wildman–Crippen LogP) is 3.74. The minimum Gasteiger partial charge on any atom is -0.378 e. The monoisotopic (exact) mass is 457 g/mol. The quantitative estimate of drug-likeness (QED) is 0.606. The Morgan fingerprint density at radius 1 is 1.18 bits per heavy atom. The Morgan fingerprint density at radius 2 is 1.94 bits per heavy atom. The molecule has 2 heterocycles. The Hall–Kier alpha value is -3.83. The van der Waals surface area contributed by atoms with E-state index >= 15 is 0 Å². The molecule has 0 bridgehead atoms. The van der Waals surface area contributed by atoms with Crippen molar-refractivity contribution in [2.24, 2.45) is 5.92 Å². The summed E-state index contributed by atoms with van der Waals surface area (Å²) >= 11 is 0. The number of aromatic nitrogens is 2. The van der Waals surface area contributed by atoms with E-state index in [0.29, 0.717) is 29.2 Å². The summed E-state index contributed by atoms with van der Waals surface area (Å²) in [5.74, 6) is -0.325. The van der Waals surface area contributed by atoms with Crippen LogP contribution in [-0.2, 0) is 16.0 Å². The van der Waals surface area contributed by atoms with Gasteiger partial charge in [-0.25, -0.2) is 14.4 Å². The van der Waals surface area contributed by atoms with Crippen molar-refractivity contribution in [3.63, 3.8) is 0 Å². The second-order valence-electron chi connectivity index (χ2n) is 8.52. The summed E-state index contributed by atoms with van der Waals surface area (Å²) in [6.45, 7) is 3.30. The highest BCUT2D eigenvalue weighted by Gasteiger charge is 2.43. The number of nitrogens with zero attached hydrogens (tertiary/aromatic N) is 4. The van der Waals surface area contributed by atoms with Crippen molar-refractivity contribution in [1.29, 1.82) is 5.26 Å². The first-order valence-electron chi connectivity index (χ1n) is 11.3. The molecule has 0 spiro atoms. The second kappa shape index (κ2) is 9.57. The maximum absolute atomic E-state index is 13.1. The van der Waals surface area contributed by atoms with Crippen molar-refractivity contribution in [2.45, 2.75) is 19.0 Å². The van der Waals surface area contributed by atoms with Gasteiger partial charge in [0.15, 0.2) is 0 Å². The van der Waals surface area contributed by atoms with E-state index in [9.17, 15) is 14.4 Å². The van der Waals surface area contributed by atoms with Gasteiger partial charge in [-0.1, -0.05) is 18.2 Å². The topological polar surface area (TPSA) is 91.1 Å². The maximum atomic E-state index is 13.1. The predicted molar refractivity (Wildman–Crippen MR) is 126 cm³/mol. The minimum atomic E-state index is -1.08. The molecule has 0 radical (unpaired) electrons. The van der Waals surface area contributed by atoms with Crippen molar-refractivity contribution in [3.05, 3.63) is 71.7 Å². The molecule has 2 fully saturated rings. The van der Waals surface area contributed by atoms with Gasteiger partial charge in [-0.15, -0.1) is 0 Å². The van der Waals surface area contributed by atoms with Gasteiger partial charge < -0.3 is 15.0 Å². The number of benzene rings is 2. The van der Waals surface area contributed by atoms with E-state index in [1.807, 2.05) is 0 Å². The molecule has 1 aromatic heterocycles. The van der Waals surface area contributed by atoms with E-state index in [0.717, 1.165) is 37.4 Å². The SMILES string of the molecule is N#Cc1cc(-c2ccnc(Cc3ccc(N4CCOCC4)cc3)n2)ccc1NC(=O)C1C[C@@H]1F. The molecule has 172 valence electrons. The molecular formula is C26H24FN5O2. The van der Waals surface area contributed by atoms with E-state index < -0.39 is 12.1 Å². The van der Waals surface area contributed by atoms with Crippen LogP contribution in [0.25, 0.3) is 11.3 Å². The van der Waals surface area contributed by atoms with Crippen LogP contribution in [0, 0.1) is 17.2 Å². The number of hydrogen-bond acceptors (Lipinski definition) is 6. The first-order chi connectivity index (χ1) is 16.6. The number of halogens is 1. The number of morpholine rings is 1. The number of nitrogens with one attached hydrogen (secondary N) is 1. The fourth-order valence-electron chi connectivity index (χ4n) is 4.04. The summed E-state index contributed by atoms with van der Waals surface area (Å²) in [5, 5.41) is 12.2. The summed E-state index contributed by atoms with van der Waals surface area (Å²) in [6, 6.07) is 17.4. The van der Waals surface area contributed by atoms with Crippen molar-refractivity contribution in [3.8, 4) is 17.3 Å². The van der Waals surface area contributed by atoms with Crippen molar-refractivity contribution in [2.75, 3.05) is 36.5 Å². The van der Waals surface area contributed by atoms with Gasteiger partial charge in [0.05, 0.1) is 36.1 Å². The zero-order valence-electron chi connectivity index (χ0n) is 18.6. The van der Waals surface area contributed by atoms with Crippen LogP contribution >= 0.6 is 0 Å². The molecule has 1 aliphatic carbocycles. The first-order valence-corrected chi connectivity index (χ1v) is 11.3. The highest BCUT2D eigenvalue weighted by Crippen LogP contribution is 2.35. The number of rotatable bonds is 6. The molecule has 1 aliphatic heterocycles. The number of carbonyl (C=O) groups is 1. The normalized spacial score (nSPS) is 19.4. The lowest BCUT2D eigenvalue weighted by Crippen LogP contribution is -2.36. The third-order valence-electron chi connectivity index (χ3n) is 6.12. The standard InChI is InChI=1S/C26H24FN5O2/c27-22-15-21(22)26(33)31-23-6-3-18(14-19(23)16-28)24-7-8-29-25(30-24)13-17-1-4-20(5-2-17)32-9-11-34-12-10-32/h1-8,14,21-22H,9-13,15H2,(H,31,33)/t21?,22-/m0/s1. The van der Waals surface area contributed by atoms with E-state index in [2.05, 4.69) is 50.5 Å². The minimum absolute atomic E-state index is 0.242. The maximum Gasteiger partial charge on any atom is 0.230 e. The highest BCUT2D eigenvalue weighted by molar-refractivity contribution is 5.96. The first kappa shape index (κ1) is 22.0. The van der Waals surface area contributed by atoms with Crippen LogP contribution in [0.5, 0.6) is 0 Å². The molecule has 2 aliphatic rings. The lowest BCUT2D eigenvalue weighted by molar-refractivity contribution is -0.117. The molecule has 1 amide bonds. The summed E-state index contributed by atoms with van der Waals surface area (Å²) < 4.78 is 18.6. The number of nitriles is 1. The van der Waals surface area contributed by atoms with Crippen molar-refractivity contribution >= 4 is 17.3 Å². The zero-order valence-corrected chi connectivity index (χ0v) is 18.6. The molecule has 1 unspecified atom stereocenters. The average Bonchev–Trinajstić information content (AvgIpc) is 3.62. The Kier molecular flexibility index (Phi) is 6.19. The van der Waals surface area contributed by atoms with E-state index in [-0.39, 0.29) is 12.3 Å².